The van der Waals surface area contributed by atoms with Crippen LogP contribution < -0.4 is 10.9 Å². The largest absolute Gasteiger partial charge is 0.422 e. The van der Waals surface area contributed by atoms with E-state index in [1.54, 1.807) is 11.3 Å². The van der Waals surface area contributed by atoms with Crippen LogP contribution in [0.25, 0.3) is 21.7 Å². The molecule has 1 unspecified atom stereocenters. The lowest BCUT2D eigenvalue weighted by molar-refractivity contribution is 0.549. The molecule has 0 radical (unpaired) electrons. The predicted molar refractivity (Wildman–Crippen MR) is 120 cm³/mol. The summed E-state index contributed by atoms with van der Waals surface area (Å²) in [5.41, 5.74) is 5.26. The second kappa shape index (κ2) is 6.06. The van der Waals surface area contributed by atoms with Gasteiger partial charge in [-0.05, 0) is 58.5 Å². The highest BCUT2D eigenvalue weighted by atomic mass is 32.1. The van der Waals surface area contributed by atoms with Gasteiger partial charge < -0.3 is 9.73 Å². The van der Waals surface area contributed by atoms with Gasteiger partial charge in [0.1, 0.15) is 5.58 Å². The van der Waals surface area contributed by atoms with Gasteiger partial charge in [-0.25, -0.2) is 4.79 Å². The van der Waals surface area contributed by atoms with Gasteiger partial charge in [0.25, 0.3) is 0 Å². The molecule has 140 valence electrons. The first-order chi connectivity index (χ1) is 14.2. The molecule has 1 aliphatic rings. The molecule has 0 saturated carbocycles. The molecule has 0 amide bonds. The number of aryl methyl sites for hydroxylation is 1. The van der Waals surface area contributed by atoms with Crippen LogP contribution in [-0.4, -0.2) is 0 Å². The zero-order chi connectivity index (χ0) is 19.5. The van der Waals surface area contributed by atoms with Gasteiger partial charge in [0.2, 0.25) is 0 Å². The van der Waals surface area contributed by atoms with E-state index in [9.17, 15) is 4.79 Å². The zero-order valence-corrected chi connectivity index (χ0v) is 16.5. The van der Waals surface area contributed by atoms with Crippen LogP contribution in [0.3, 0.4) is 0 Å². The van der Waals surface area contributed by atoms with Crippen LogP contribution >= 0.6 is 11.3 Å². The smallest absolute Gasteiger partial charge is 0.342 e. The maximum absolute atomic E-state index is 13.2. The van der Waals surface area contributed by atoms with E-state index in [0.29, 0.717) is 11.1 Å². The van der Waals surface area contributed by atoms with Gasteiger partial charge in [-0.3, -0.25) is 0 Å². The number of rotatable bonds is 1. The van der Waals surface area contributed by atoms with Gasteiger partial charge in [-0.1, -0.05) is 42.5 Å². The van der Waals surface area contributed by atoms with E-state index in [1.807, 2.05) is 30.3 Å². The zero-order valence-electron chi connectivity index (χ0n) is 15.7. The van der Waals surface area contributed by atoms with Crippen LogP contribution in [0.4, 0.5) is 11.4 Å². The fourth-order valence-electron chi connectivity index (χ4n) is 4.50. The Morgan fingerprint density at radius 2 is 1.69 bits per heavy atom. The fraction of sp³-hybridized carbons (Fsp3) is 0.0800. The minimum atomic E-state index is -0.275. The summed E-state index contributed by atoms with van der Waals surface area (Å²) >= 11 is 1.70. The van der Waals surface area contributed by atoms with Crippen molar-refractivity contribution in [2.75, 3.05) is 5.32 Å². The Morgan fingerprint density at radius 3 is 2.52 bits per heavy atom. The molecule has 1 aliphatic heterocycles. The molecule has 4 heteroatoms. The first-order valence-corrected chi connectivity index (χ1v) is 10.5. The van der Waals surface area contributed by atoms with Crippen molar-refractivity contribution in [3.63, 3.8) is 0 Å². The van der Waals surface area contributed by atoms with E-state index in [4.69, 9.17) is 4.42 Å². The fourth-order valence-corrected chi connectivity index (χ4v) is 5.54. The minimum Gasteiger partial charge on any atom is -0.422 e. The van der Waals surface area contributed by atoms with Crippen LogP contribution in [0.5, 0.6) is 0 Å². The quantitative estimate of drug-likeness (QED) is 0.321. The van der Waals surface area contributed by atoms with Crippen molar-refractivity contribution in [2.24, 2.45) is 0 Å². The van der Waals surface area contributed by atoms with Crippen molar-refractivity contribution in [3.8, 4) is 0 Å². The molecule has 0 fully saturated rings. The first-order valence-electron chi connectivity index (χ1n) is 9.61. The second-order valence-electron chi connectivity index (χ2n) is 7.45. The highest BCUT2D eigenvalue weighted by Gasteiger charge is 2.34. The summed E-state index contributed by atoms with van der Waals surface area (Å²) in [6.45, 7) is 2.11. The molecule has 1 N–H and O–H groups in total. The topological polar surface area (TPSA) is 42.2 Å². The highest BCUT2D eigenvalue weighted by Crippen LogP contribution is 2.50. The third-order valence-corrected chi connectivity index (χ3v) is 6.90. The summed E-state index contributed by atoms with van der Waals surface area (Å²) in [6.07, 6.45) is 0. The summed E-state index contributed by atoms with van der Waals surface area (Å²) in [5, 5.41) is 8.93. The summed E-state index contributed by atoms with van der Waals surface area (Å²) < 4.78 is 5.76. The van der Waals surface area contributed by atoms with Crippen LogP contribution in [0.2, 0.25) is 0 Å². The Labute approximate surface area is 171 Å². The molecule has 5 aromatic rings. The number of nitrogens with one attached hydrogen (secondary N) is 1. The molecule has 2 aromatic heterocycles. The summed E-state index contributed by atoms with van der Waals surface area (Å²) in [4.78, 5) is 14.4. The van der Waals surface area contributed by atoms with Gasteiger partial charge in [0, 0.05) is 16.0 Å². The second-order valence-corrected chi connectivity index (χ2v) is 8.40. The van der Waals surface area contributed by atoms with E-state index in [2.05, 4.69) is 54.0 Å². The van der Waals surface area contributed by atoms with Gasteiger partial charge >= 0.3 is 5.63 Å². The molecule has 0 bridgehead atoms. The Bertz CT molecular complexity index is 1480. The lowest BCUT2D eigenvalue weighted by atomic mass is 9.81. The number of para-hydroxylation sites is 1. The average molecular weight is 395 g/mol. The highest BCUT2D eigenvalue weighted by molar-refractivity contribution is 7.10. The third kappa shape index (κ3) is 2.33. The van der Waals surface area contributed by atoms with Gasteiger partial charge in [0.05, 0.1) is 17.2 Å². The number of fused-ring (bicyclic) bond motifs is 6. The number of hydrogen-bond acceptors (Lipinski definition) is 4. The van der Waals surface area contributed by atoms with Crippen molar-refractivity contribution in [2.45, 2.75) is 12.8 Å². The molecular formula is C25H17NO2S. The molecule has 3 nitrogen and oxygen atoms in total. The summed E-state index contributed by atoms with van der Waals surface area (Å²) in [6, 6.07) is 22.5. The van der Waals surface area contributed by atoms with E-state index in [1.165, 1.54) is 15.8 Å². The standard InChI is InChI=1S/C25H17NO2S/c1-14-12-13-29-24(14)21-20-16-7-3-2-6-15(16)10-11-18(20)26-23-17-8-4-5-9-19(17)28-25(27)22(21)23/h2-13,21,26H,1H3. The van der Waals surface area contributed by atoms with Crippen LogP contribution in [0, 0.1) is 6.92 Å². The van der Waals surface area contributed by atoms with Crippen molar-refractivity contribution in [1.29, 1.82) is 0 Å². The molecule has 3 aromatic carbocycles. The van der Waals surface area contributed by atoms with E-state index >= 15 is 0 Å². The number of thiophene rings is 1. The van der Waals surface area contributed by atoms with Crippen LogP contribution in [0.1, 0.15) is 27.5 Å². The molecule has 0 saturated heterocycles. The van der Waals surface area contributed by atoms with Crippen molar-refractivity contribution < 1.29 is 4.42 Å². The first kappa shape index (κ1) is 16.6. The monoisotopic (exact) mass is 395 g/mol. The molecule has 0 spiro atoms. The lowest BCUT2D eigenvalue weighted by Gasteiger charge is -2.30. The molecule has 6 rings (SSSR count). The minimum absolute atomic E-state index is 0.159. The molecular weight excluding hydrogens is 378 g/mol. The average Bonchev–Trinajstić information content (AvgIpc) is 3.17. The van der Waals surface area contributed by atoms with Crippen molar-refractivity contribution >= 4 is 44.5 Å². The lowest BCUT2D eigenvalue weighted by Crippen LogP contribution is -2.22. The van der Waals surface area contributed by atoms with Crippen molar-refractivity contribution in [3.05, 3.63) is 104 Å². The molecule has 1 atom stereocenters. The third-order valence-electron chi connectivity index (χ3n) is 5.82. The Balaban J connectivity index is 1.79. The Hall–Kier alpha value is -3.37. The molecule has 0 aliphatic carbocycles. The van der Waals surface area contributed by atoms with Gasteiger partial charge in [-0.15, -0.1) is 11.3 Å². The number of benzene rings is 3. The molecule has 3 heterocycles. The van der Waals surface area contributed by atoms with E-state index in [-0.39, 0.29) is 11.5 Å². The predicted octanol–water partition coefficient (Wildman–Crippen LogP) is 6.55. The van der Waals surface area contributed by atoms with E-state index < -0.39 is 0 Å². The molecule has 29 heavy (non-hydrogen) atoms. The summed E-state index contributed by atoms with van der Waals surface area (Å²) in [5.74, 6) is -0.159. The maximum Gasteiger partial charge on any atom is 0.342 e. The van der Waals surface area contributed by atoms with Crippen molar-refractivity contribution in [1.82, 2.24) is 0 Å². The Kier molecular flexibility index (Phi) is 3.46. The maximum atomic E-state index is 13.2. The van der Waals surface area contributed by atoms with E-state index in [0.717, 1.165) is 27.7 Å². The van der Waals surface area contributed by atoms with Gasteiger partial charge in [0.15, 0.2) is 0 Å². The normalized spacial score (nSPS) is 15.1. The van der Waals surface area contributed by atoms with Crippen LogP contribution in [-0.2, 0) is 0 Å². The number of hydrogen-bond donors (Lipinski definition) is 1. The summed E-state index contributed by atoms with van der Waals surface area (Å²) in [7, 11) is 0. The van der Waals surface area contributed by atoms with Gasteiger partial charge in [-0.2, -0.15) is 0 Å². The van der Waals surface area contributed by atoms with Crippen LogP contribution in [0.15, 0.2) is 81.3 Å². The SMILES string of the molecule is Cc1ccsc1C1c2c(c3ccccc3oc2=O)Nc2ccc3ccccc3c21. The Morgan fingerprint density at radius 1 is 0.897 bits per heavy atom. The number of anilines is 2.